The summed E-state index contributed by atoms with van der Waals surface area (Å²) < 4.78 is 27.3. The van der Waals surface area contributed by atoms with Crippen LogP contribution in [-0.2, 0) is 29.7 Å². The number of rotatable bonds is 10. The lowest BCUT2D eigenvalue weighted by Crippen LogP contribution is -2.60. The fourth-order valence-corrected chi connectivity index (χ4v) is 10.8. The monoisotopic (exact) mass is 846 g/mol. The Morgan fingerprint density at radius 2 is 1.58 bits per heavy atom. The van der Waals surface area contributed by atoms with E-state index < -0.39 is 12.2 Å². The van der Waals surface area contributed by atoms with Crippen LogP contribution in [-0.4, -0.2) is 127 Å². The maximum absolute atomic E-state index is 13.7. The van der Waals surface area contributed by atoms with Gasteiger partial charge in [-0.05, 0) is 106 Å². The topological polar surface area (TPSA) is 133 Å². The molecule has 1 spiro atoms. The van der Waals surface area contributed by atoms with Crippen molar-refractivity contribution in [1.82, 2.24) is 29.6 Å². The quantitative estimate of drug-likeness (QED) is 0.229. The van der Waals surface area contributed by atoms with Crippen molar-refractivity contribution in [1.29, 1.82) is 0 Å². The van der Waals surface area contributed by atoms with E-state index in [1.807, 2.05) is 41.4 Å². The molecule has 1 unspecified atom stereocenters. The van der Waals surface area contributed by atoms with Crippen LogP contribution < -0.4 is 30.1 Å². The molecule has 0 saturated carbocycles. The number of fused-ring (bicyclic) bond motifs is 2. The van der Waals surface area contributed by atoms with Gasteiger partial charge in [-0.1, -0.05) is 6.07 Å². The molecule has 0 aliphatic carbocycles. The highest BCUT2D eigenvalue weighted by Crippen LogP contribution is 2.44. The van der Waals surface area contributed by atoms with Crippen LogP contribution in [0.2, 0.25) is 0 Å². The largest absolute Gasteiger partial charge is 0.496 e. The lowest BCUT2D eigenvalue weighted by molar-refractivity contribution is -0.136. The molecule has 15 heteroatoms. The Hall–Kier alpha value is -5.54. The number of aryl methyl sites for hydroxylation is 1. The first kappa shape index (κ1) is 40.5. The molecule has 3 amide bonds. The number of likely N-dealkylation sites (tertiary alicyclic amines) is 2. The number of hydrogen-bond donors (Lipinski definition) is 1. The van der Waals surface area contributed by atoms with Crippen LogP contribution in [0.3, 0.4) is 0 Å². The average Bonchev–Trinajstić information content (AvgIpc) is 3.58. The number of nitrogens with one attached hydrogen (secondary N) is 1. The SMILES string of the molecule is COc1cc(-c2cn(C)c(=O)c3cnc(N4CC(F)C4)cc23)cc(OC)c1CN1CCC(CN2CCC3(CC2)CN(c2ccc4c(c2)C(=O)N(C2CCC(=O)NC2=O)C4)C3)CC1. The van der Waals surface area contributed by atoms with Crippen molar-refractivity contribution in [2.75, 3.05) is 82.9 Å². The number of pyridine rings is 2. The predicted molar refractivity (Wildman–Crippen MR) is 233 cm³/mol. The molecule has 4 aromatic rings. The minimum absolute atomic E-state index is 0.122. The second kappa shape index (κ2) is 16.0. The summed E-state index contributed by atoms with van der Waals surface area (Å²) in [5.41, 5.74) is 5.57. The first-order valence-corrected chi connectivity index (χ1v) is 22.1. The molecule has 62 heavy (non-hydrogen) atoms. The molecule has 10 rings (SSSR count). The van der Waals surface area contributed by atoms with Gasteiger partial charge in [0.05, 0.1) is 38.3 Å². The van der Waals surface area contributed by atoms with Crippen LogP contribution >= 0.6 is 0 Å². The van der Waals surface area contributed by atoms with Crippen LogP contribution in [0.4, 0.5) is 15.9 Å². The van der Waals surface area contributed by atoms with Crippen molar-refractivity contribution < 1.29 is 28.2 Å². The summed E-state index contributed by atoms with van der Waals surface area (Å²) in [6.07, 6.45) is 7.82. The van der Waals surface area contributed by atoms with Crippen LogP contribution in [0.25, 0.3) is 21.9 Å². The number of piperidine rings is 3. The van der Waals surface area contributed by atoms with Gasteiger partial charge in [0, 0.05) is 86.2 Å². The summed E-state index contributed by atoms with van der Waals surface area (Å²) in [6, 6.07) is 11.5. The third-order valence-corrected chi connectivity index (χ3v) is 14.6. The molecule has 14 nitrogen and oxygen atoms in total. The van der Waals surface area contributed by atoms with E-state index in [2.05, 4.69) is 31.1 Å². The van der Waals surface area contributed by atoms with E-state index in [0.717, 1.165) is 103 Å². The van der Waals surface area contributed by atoms with Crippen LogP contribution in [0.15, 0.2) is 53.6 Å². The first-order chi connectivity index (χ1) is 30.0. The van der Waals surface area contributed by atoms with E-state index in [4.69, 9.17) is 9.47 Å². The van der Waals surface area contributed by atoms with E-state index in [0.29, 0.717) is 60.7 Å². The van der Waals surface area contributed by atoms with Gasteiger partial charge < -0.3 is 33.6 Å². The second-order valence-electron chi connectivity index (χ2n) is 18.5. The van der Waals surface area contributed by atoms with Gasteiger partial charge >= 0.3 is 0 Å². The van der Waals surface area contributed by atoms with Crippen molar-refractivity contribution >= 4 is 40.0 Å². The molecule has 2 aromatic heterocycles. The van der Waals surface area contributed by atoms with E-state index in [-0.39, 0.29) is 29.7 Å². The van der Waals surface area contributed by atoms with Crippen LogP contribution in [0, 0.1) is 11.3 Å². The fourth-order valence-electron chi connectivity index (χ4n) is 10.8. The summed E-state index contributed by atoms with van der Waals surface area (Å²) in [5.74, 6) is 2.00. The molecule has 6 aliphatic rings. The predicted octanol–water partition coefficient (Wildman–Crippen LogP) is 4.35. The number of amides is 3. The van der Waals surface area contributed by atoms with Gasteiger partial charge in [0.2, 0.25) is 11.8 Å². The minimum Gasteiger partial charge on any atom is -0.496 e. The number of carbonyl (C=O) groups is 3. The Balaban J connectivity index is 0.728. The molecule has 1 atom stereocenters. The van der Waals surface area contributed by atoms with E-state index in [9.17, 15) is 23.6 Å². The van der Waals surface area contributed by atoms with Crippen molar-refractivity contribution in [2.45, 2.75) is 63.8 Å². The molecule has 1 N–H and O–H groups in total. The molecule has 5 saturated heterocycles. The number of ether oxygens (including phenoxy) is 2. The zero-order chi connectivity index (χ0) is 42.9. The second-order valence-corrected chi connectivity index (χ2v) is 18.5. The van der Waals surface area contributed by atoms with Crippen molar-refractivity contribution in [3.8, 4) is 22.6 Å². The molecule has 326 valence electrons. The van der Waals surface area contributed by atoms with Crippen molar-refractivity contribution in [3.63, 3.8) is 0 Å². The number of hydrogen-bond acceptors (Lipinski definition) is 11. The van der Waals surface area contributed by atoms with Gasteiger partial charge in [-0.15, -0.1) is 0 Å². The van der Waals surface area contributed by atoms with Gasteiger partial charge in [-0.25, -0.2) is 9.37 Å². The Morgan fingerprint density at radius 1 is 0.855 bits per heavy atom. The number of nitrogens with zero attached hydrogens (tertiary/aromatic N) is 7. The number of imide groups is 1. The third kappa shape index (κ3) is 7.36. The highest BCUT2D eigenvalue weighted by atomic mass is 19.1. The summed E-state index contributed by atoms with van der Waals surface area (Å²) in [4.78, 5) is 66.2. The molecule has 0 radical (unpaired) electrons. The van der Waals surface area contributed by atoms with Crippen molar-refractivity contribution in [3.05, 3.63) is 75.8 Å². The number of benzene rings is 2. The van der Waals surface area contributed by atoms with Gasteiger partial charge in [-0.2, -0.15) is 0 Å². The van der Waals surface area contributed by atoms with Crippen molar-refractivity contribution in [2.24, 2.45) is 18.4 Å². The molecular formula is C47H55FN8O6. The van der Waals surface area contributed by atoms with Crippen LogP contribution in [0.5, 0.6) is 11.5 Å². The third-order valence-electron chi connectivity index (χ3n) is 14.6. The summed E-state index contributed by atoms with van der Waals surface area (Å²) >= 11 is 0. The Kier molecular flexibility index (Phi) is 10.4. The average molecular weight is 847 g/mol. The van der Waals surface area contributed by atoms with Gasteiger partial charge in [0.1, 0.15) is 29.5 Å². The van der Waals surface area contributed by atoms with Crippen LogP contribution in [0.1, 0.15) is 60.0 Å². The number of methoxy groups -OCH3 is 2. The molecule has 0 bridgehead atoms. The number of alkyl halides is 1. The van der Waals surface area contributed by atoms with E-state index >= 15 is 0 Å². The lowest BCUT2D eigenvalue weighted by atomic mass is 9.71. The standard InChI is InChI=1S/C47H55FN8O6/c1-51-25-37(35-19-42(54-23-32(48)24-54)49-20-36(35)45(51)59)31-16-40(61-2)38(41(17-31)62-3)26-52-12-8-29(9-13-52)21-53-14-10-47(11-15-53)27-55(28-47)33-5-4-30-22-56(46(60)34(30)18-33)39-6-7-43(57)50-44(39)58/h4-5,16-20,25,29,32,39H,6-15,21-24,26-28H2,1-3H3,(H,50,57,58). The number of carbonyl (C=O) groups excluding carboxylic acids is 3. The van der Waals surface area contributed by atoms with E-state index in [1.54, 1.807) is 36.9 Å². The maximum atomic E-state index is 13.7. The zero-order valence-corrected chi connectivity index (χ0v) is 35.8. The summed E-state index contributed by atoms with van der Waals surface area (Å²) in [6.45, 7) is 9.04. The lowest BCUT2D eigenvalue weighted by Gasteiger charge is -2.55. The van der Waals surface area contributed by atoms with E-state index in [1.165, 1.54) is 12.8 Å². The summed E-state index contributed by atoms with van der Waals surface area (Å²) in [7, 11) is 5.11. The number of halogens is 1. The number of aromatic nitrogens is 2. The molecular weight excluding hydrogens is 792 g/mol. The molecule has 5 fully saturated rings. The zero-order valence-electron chi connectivity index (χ0n) is 35.8. The number of anilines is 2. The highest BCUT2D eigenvalue weighted by molar-refractivity contribution is 6.05. The highest BCUT2D eigenvalue weighted by Gasteiger charge is 2.46. The minimum atomic E-state index is -0.864. The summed E-state index contributed by atoms with van der Waals surface area (Å²) in [5, 5.41) is 3.65. The maximum Gasteiger partial charge on any atom is 0.259 e. The Bertz CT molecular complexity index is 2470. The Labute approximate surface area is 360 Å². The molecule has 6 aliphatic heterocycles. The first-order valence-electron chi connectivity index (χ1n) is 22.1. The smallest absolute Gasteiger partial charge is 0.259 e. The normalized spacial score (nSPS) is 22.2. The van der Waals surface area contributed by atoms with Gasteiger partial charge in [-0.3, -0.25) is 29.4 Å². The fraction of sp³-hybridized carbons (Fsp3) is 0.511. The molecule has 2 aromatic carbocycles. The van der Waals surface area contributed by atoms with Gasteiger partial charge in [0.25, 0.3) is 11.5 Å². The molecule has 8 heterocycles. The Morgan fingerprint density at radius 3 is 2.26 bits per heavy atom. The van der Waals surface area contributed by atoms with Gasteiger partial charge in [0.15, 0.2) is 0 Å².